The molecule has 1 aromatic rings. The summed E-state index contributed by atoms with van der Waals surface area (Å²) in [4.78, 5) is 16.8. The van der Waals surface area contributed by atoms with Crippen molar-refractivity contribution in [2.24, 2.45) is 0 Å². The van der Waals surface area contributed by atoms with Crippen molar-refractivity contribution >= 4 is 27.5 Å². The van der Waals surface area contributed by atoms with Crippen LogP contribution < -0.4 is 4.90 Å². The Kier molecular flexibility index (Phi) is 5.46. The summed E-state index contributed by atoms with van der Waals surface area (Å²) < 4.78 is 0. The Hall–Kier alpha value is -1.03. The molecular weight excluding hydrogens is 316 g/mol. The number of alkyl halides is 1. The first-order chi connectivity index (χ1) is 9.63. The fraction of sp³-hybridized carbons (Fsp3) is 0.562. The van der Waals surface area contributed by atoms with Crippen molar-refractivity contribution in [3.63, 3.8) is 0 Å². The largest absolute Gasteiger partial charge is 0.378 e. The number of hydrogen-bond acceptors (Lipinski definition) is 2. The summed E-state index contributed by atoms with van der Waals surface area (Å²) in [5.41, 5.74) is 1.91. The highest BCUT2D eigenvalue weighted by Crippen LogP contribution is 2.21. The molecule has 0 aromatic heterocycles. The first-order valence-electron chi connectivity index (χ1n) is 7.28. The average Bonchev–Trinajstić information content (AvgIpc) is 2.71. The zero-order valence-electron chi connectivity index (χ0n) is 12.3. The standard InChI is InChI=1S/C16H23BrN2O/c1-18(2)14-9-7-13(8-10-14)16(20)19-11-5-3-4-6-15(19)12-17/h7-10,15H,3-6,11-12H2,1-2H3. The van der Waals surface area contributed by atoms with Gasteiger partial charge in [-0.2, -0.15) is 0 Å². The summed E-state index contributed by atoms with van der Waals surface area (Å²) in [6, 6.07) is 8.22. The molecule has 1 aliphatic heterocycles. The number of benzene rings is 1. The van der Waals surface area contributed by atoms with Crippen LogP contribution in [0.3, 0.4) is 0 Å². The van der Waals surface area contributed by atoms with Gasteiger partial charge >= 0.3 is 0 Å². The fourth-order valence-corrected chi connectivity index (χ4v) is 3.35. The van der Waals surface area contributed by atoms with Crippen LogP contribution in [0.4, 0.5) is 5.69 Å². The summed E-state index contributed by atoms with van der Waals surface area (Å²) >= 11 is 3.56. The molecule has 1 unspecified atom stereocenters. The third-order valence-corrected chi connectivity index (χ3v) is 4.69. The van der Waals surface area contributed by atoms with Crippen LogP contribution in [0, 0.1) is 0 Å². The quantitative estimate of drug-likeness (QED) is 0.787. The fourth-order valence-electron chi connectivity index (χ4n) is 2.67. The van der Waals surface area contributed by atoms with Gasteiger partial charge in [0.1, 0.15) is 0 Å². The zero-order chi connectivity index (χ0) is 14.5. The summed E-state index contributed by atoms with van der Waals surface area (Å²) in [5.74, 6) is 0.168. The van der Waals surface area contributed by atoms with Gasteiger partial charge in [0.05, 0.1) is 0 Å². The molecule has 0 aliphatic carbocycles. The first-order valence-corrected chi connectivity index (χ1v) is 8.40. The van der Waals surface area contributed by atoms with Crippen LogP contribution in [-0.4, -0.2) is 42.8 Å². The number of likely N-dealkylation sites (tertiary alicyclic amines) is 1. The number of rotatable bonds is 3. The molecule has 1 amide bonds. The van der Waals surface area contributed by atoms with E-state index in [4.69, 9.17) is 0 Å². The van der Waals surface area contributed by atoms with Crippen molar-refractivity contribution in [3.05, 3.63) is 29.8 Å². The number of halogens is 1. The van der Waals surface area contributed by atoms with Crippen molar-refractivity contribution in [2.75, 3.05) is 30.9 Å². The normalized spacial score (nSPS) is 19.6. The molecule has 0 spiro atoms. The van der Waals surface area contributed by atoms with E-state index in [-0.39, 0.29) is 5.91 Å². The predicted molar refractivity (Wildman–Crippen MR) is 87.9 cm³/mol. The van der Waals surface area contributed by atoms with Crippen molar-refractivity contribution in [2.45, 2.75) is 31.7 Å². The number of hydrogen-bond donors (Lipinski definition) is 0. The molecule has 1 aromatic carbocycles. The van der Waals surface area contributed by atoms with Crippen LogP contribution in [0.25, 0.3) is 0 Å². The first kappa shape index (κ1) is 15.4. The summed E-state index contributed by atoms with van der Waals surface area (Å²) in [5, 5.41) is 0.870. The van der Waals surface area contributed by atoms with E-state index in [2.05, 4.69) is 15.9 Å². The van der Waals surface area contributed by atoms with Crippen molar-refractivity contribution in [1.29, 1.82) is 0 Å². The maximum absolute atomic E-state index is 12.7. The highest BCUT2D eigenvalue weighted by atomic mass is 79.9. The topological polar surface area (TPSA) is 23.6 Å². The second kappa shape index (κ2) is 7.11. The number of anilines is 1. The smallest absolute Gasteiger partial charge is 0.254 e. The second-order valence-corrected chi connectivity index (χ2v) is 6.24. The molecular formula is C16H23BrN2O. The molecule has 1 atom stereocenters. The maximum Gasteiger partial charge on any atom is 0.254 e. The van der Waals surface area contributed by atoms with E-state index < -0.39 is 0 Å². The molecule has 1 saturated heterocycles. The van der Waals surface area contributed by atoms with Crippen molar-refractivity contribution in [1.82, 2.24) is 4.90 Å². The van der Waals surface area contributed by atoms with Gasteiger partial charge in [-0.05, 0) is 37.1 Å². The van der Waals surface area contributed by atoms with Gasteiger partial charge in [0, 0.05) is 43.3 Å². The summed E-state index contributed by atoms with van der Waals surface area (Å²) in [7, 11) is 4.01. The predicted octanol–water partition coefficient (Wildman–Crippen LogP) is 3.53. The highest BCUT2D eigenvalue weighted by molar-refractivity contribution is 9.09. The number of nitrogens with zero attached hydrogens (tertiary/aromatic N) is 2. The van der Waals surface area contributed by atoms with Gasteiger partial charge in [-0.3, -0.25) is 4.79 Å². The van der Waals surface area contributed by atoms with Gasteiger partial charge in [-0.15, -0.1) is 0 Å². The Bertz CT molecular complexity index is 444. The molecule has 2 rings (SSSR count). The SMILES string of the molecule is CN(C)c1ccc(C(=O)N2CCCCCC2CBr)cc1. The van der Waals surface area contributed by atoms with E-state index in [0.29, 0.717) is 6.04 Å². The Morgan fingerprint density at radius 2 is 1.95 bits per heavy atom. The van der Waals surface area contributed by atoms with Gasteiger partial charge in [0.15, 0.2) is 0 Å². The lowest BCUT2D eigenvalue weighted by molar-refractivity contribution is 0.0702. The number of carbonyl (C=O) groups excluding carboxylic acids is 1. The van der Waals surface area contributed by atoms with E-state index >= 15 is 0 Å². The van der Waals surface area contributed by atoms with Gasteiger partial charge in [-0.1, -0.05) is 28.8 Å². The Balaban J connectivity index is 2.15. The highest BCUT2D eigenvalue weighted by Gasteiger charge is 2.25. The molecule has 4 heteroatoms. The maximum atomic E-state index is 12.7. The summed E-state index contributed by atoms with van der Waals surface area (Å²) in [6.07, 6.45) is 4.67. The molecule has 1 aliphatic rings. The Morgan fingerprint density at radius 3 is 2.55 bits per heavy atom. The average molecular weight is 339 g/mol. The van der Waals surface area contributed by atoms with Crippen LogP contribution >= 0.6 is 15.9 Å². The number of amides is 1. The third-order valence-electron chi connectivity index (χ3n) is 3.95. The van der Waals surface area contributed by atoms with Gasteiger partial charge in [0.25, 0.3) is 5.91 Å². The van der Waals surface area contributed by atoms with Crippen LogP contribution in [0.15, 0.2) is 24.3 Å². The minimum Gasteiger partial charge on any atom is -0.378 e. The van der Waals surface area contributed by atoms with Crippen LogP contribution in [-0.2, 0) is 0 Å². The molecule has 3 nitrogen and oxygen atoms in total. The molecule has 0 saturated carbocycles. The molecule has 1 heterocycles. The summed E-state index contributed by atoms with van der Waals surface area (Å²) in [6.45, 7) is 0.879. The van der Waals surface area contributed by atoms with E-state index in [0.717, 1.165) is 36.0 Å². The molecule has 0 radical (unpaired) electrons. The Morgan fingerprint density at radius 1 is 1.25 bits per heavy atom. The van der Waals surface area contributed by atoms with E-state index in [1.165, 1.54) is 12.8 Å². The van der Waals surface area contributed by atoms with Crippen molar-refractivity contribution < 1.29 is 4.79 Å². The van der Waals surface area contributed by atoms with Gasteiger partial charge in [-0.25, -0.2) is 0 Å². The lowest BCUT2D eigenvalue weighted by Crippen LogP contribution is -2.41. The van der Waals surface area contributed by atoms with Crippen LogP contribution in [0.1, 0.15) is 36.0 Å². The zero-order valence-corrected chi connectivity index (χ0v) is 13.9. The molecule has 1 fully saturated rings. The number of carbonyl (C=O) groups is 1. The molecule has 110 valence electrons. The van der Waals surface area contributed by atoms with Crippen LogP contribution in [0.5, 0.6) is 0 Å². The van der Waals surface area contributed by atoms with E-state index in [1.54, 1.807) is 0 Å². The van der Waals surface area contributed by atoms with Crippen LogP contribution in [0.2, 0.25) is 0 Å². The van der Waals surface area contributed by atoms with Gasteiger partial charge < -0.3 is 9.80 Å². The molecule has 20 heavy (non-hydrogen) atoms. The minimum atomic E-state index is 0.168. The monoisotopic (exact) mass is 338 g/mol. The second-order valence-electron chi connectivity index (χ2n) is 5.60. The lowest BCUT2D eigenvalue weighted by Gasteiger charge is -2.29. The van der Waals surface area contributed by atoms with Crippen molar-refractivity contribution in [3.8, 4) is 0 Å². The molecule has 0 bridgehead atoms. The Labute approximate surface area is 130 Å². The van der Waals surface area contributed by atoms with E-state index in [9.17, 15) is 4.79 Å². The van der Waals surface area contributed by atoms with Gasteiger partial charge in [0.2, 0.25) is 0 Å². The third kappa shape index (κ3) is 3.54. The lowest BCUT2D eigenvalue weighted by atomic mass is 10.1. The van der Waals surface area contributed by atoms with E-state index in [1.807, 2.05) is 48.2 Å². The minimum absolute atomic E-state index is 0.168. The molecule has 0 N–H and O–H groups in total.